The summed E-state index contributed by atoms with van der Waals surface area (Å²) < 4.78 is 37.9. The maximum atomic E-state index is 12.6. The molecule has 2 atom stereocenters. The first kappa shape index (κ1) is 12.0. The zero-order chi connectivity index (χ0) is 12.6. The first-order chi connectivity index (χ1) is 7.89. The van der Waals surface area contributed by atoms with Gasteiger partial charge >= 0.3 is 6.18 Å². The van der Waals surface area contributed by atoms with Gasteiger partial charge in [0.05, 0.1) is 11.3 Å². The van der Waals surface area contributed by atoms with Crippen LogP contribution in [0.1, 0.15) is 18.9 Å². The van der Waals surface area contributed by atoms with Crippen molar-refractivity contribution in [1.29, 1.82) is 0 Å². The maximum Gasteiger partial charge on any atom is 0.418 e. The molecule has 17 heavy (non-hydrogen) atoms. The van der Waals surface area contributed by atoms with Crippen LogP contribution in [0, 0.1) is 11.8 Å². The summed E-state index contributed by atoms with van der Waals surface area (Å²) in [6.07, 6.45) is -3.70. The third-order valence-electron chi connectivity index (χ3n) is 2.94. The summed E-state index contributed by atoms with van der Waals surface area (Å²) >= 11 is 0. The van der Waals surface area contributed by atoms with E-state index in [4.69, 9.17) is 0 Å². The molecule has 0 aromatic heterocycles. The van der Waals surface area contributed by atoms with Gasteiger partial charge in [0, 0.05) is 5.92 Å². The largest absolute Gasteiger partial charge is 0.418 e. The smallest absolute Gasteiger partial charge is 0.325 e. The zero-order valence-electron chi connectivity index (χ0n) is 9.21. The molecule has 0 aliphatic heterocycles. The fourth-order valence-corrected chi connectivity index (χ4v) is 1.75. The van der Waals surface area contributed by atoms with Crippen molar-refractivity contribution < 1.29 is 18.0 Å². The monoisotopic (exact) mass is 243 g/mol. The van der Waals surface area contributed by atoms with Gasteiger partial charge in [-0.05, 0) is 24.5 Å². The number of carbonyl (C=O) groups excluding carboxylic acids is 1. The highest BCUT2D eigenvalue weighted by Gasteiger charge is 2.40. The van der Waals surface area contributed by atoms with E-state index in [1.165, 1.54) is 18.2 Å². The van der Waals surface area contributed by atoms with Gasteiger partial charge in [-0.25, -0.2) is 0 Å². The molecular weight excluding hydrogens is 231 g/mol. The van der Waals surface area contributed by atoms with Gasteiger partial charge in [0.25, 0.3) is 0 Å². The molecule has 1 saturated carbocycles. The van der Waals surface area contributed by atoms with Crippen LogP contribution in [0.4, 0.5) is 18.9 Å². The van der Waals surface area contributed by atoms with Crippen molar-refractivity contribution >= 4 is 11.6 Å². The fraction of sp³-hybridized carbons (Fsp3) is 0.417. The number of carbonyl (C=O) groups is 1. The predicted molar refractivity (Wildman–Crippen MR) is 57.3 cm³/mol. The van der Waals surface area contributed by atoms with Crippen LogP contribution >= 0.6 is 0 Å². The summed E-state index contributed by atoms with van der Waals surface area (Å²) in [7, 11) is 0. The van der Waals surface area contributed by atoms with Crippen molar-refractivity contribution in [2.45, 2.75) is 19.5 Å². The van der Waals surface area contributed by atoms with Crippen LogP contribution in [0.2, 0.25) is 0 Å². The zero-order valence-corrected chi connectivity index (χ0v) is 9.21. The molecule has 1 amide bonds. The Balaban J connectivity index is 2.18. The van der Waals surface area contributed by atoms with E-state index in [1.54, 1.807) is 0 Å². The predicted octanol–water partition coefficient (Wildman–Crippen LogP) is 3.30. The summed E-state index contributed by atoms with van der Waals surface area (Å²) in [6, 6.07) is 5.01. The number of alkyl halides is 3. The average molecular weight is 243 g/mol. The summed E-state index contributed by atoms with van der Waals surface area (Å²) in [4.78, 5) is 11.6. The molecule has 5 heteroatoms. The number of amides is 1. The molecule has 92 valence electrons. The summed E-state index contributed by atoms with van der Waals surface area (Å²) in [5.41, 5.74) is -0.967. The minimum Gasteiger partial charge on any atom is -0.325 e. The Kier molecular flexibility index (Phi) is 2.85. The van der Waals surface area contributed by atoms with Crippen LogP contribution in [0.15, 0.2) is 24.3 Å². The highest BCUT2D eigenvalue weighted by Crippen LogP contribution is 2.40. The first-order valence-corrected chi connectivity index (χ1v) is 5.36. The van der Waals surface area contributed by atoms with E-state index in [1.807, 2.05) is 6.92 Å². The molecule has 1 aliphatic carbocycles. The Morgan fingerprint density at radius 2 is 1.94 bits per heavy atom. The van der Waals surface area contributed by atoms with Gasteiger partial charge in [0.15, 0.2) is 0 Å². The molecule has 1 fully saturated rings. The van der Waals surface area contributed by atoms with Crippen molar-refractivity contribution in [1.82, 2.24) is 0 Å². The van der Waals surface area contributed by atoms with Crippen LogP contribution < -0.4 is 5.32 Å². The topological polar surface area (TPSA) is 29.1 Å². The van der Waals surface area contributed by atoms with Crippen LogP contribution in [0.25, 0.3) is 0 Å². The molecule has 1 N–H and O–H groups in total. The van der Waals surface area contributed by atoms with Gasteiger partial charge in [-0.1, -0.05) is 19.1 Å². The Morgan fingerprint density at radius 3 is 2.47 bits per heavy atom. The third kappa shape index (κ3) is 2.60. The molecule has 1 aromatic rings. The number of halogens is 3. The second-order valence-electron chi connectivity index (χ2n) is 4.35. The molecule has 0 radical (unpaired) electrons. The van der Waals surface area contributed by atoms with E-state index in [0.29, 0.717) is 0 Å². The third-order valence-corrected chi connectivity index (χ3v) is 2.94. The fourth-order valence-electron chi connectivity index (χ4n) is 1.75. The van der Waals surface area contributed by atoms with Crippen molar-refractivity contribution in [2.24, 2.45) is 11.8 Å². The standard InChI is InChI=1S/C12H12F3NO/c1-7-6-8(7)11(17)16-10-5-3-2-4-9(10)12(13,14)15/h2-5,7-8H,6H2,1H3,(H,16,17)/t7-,8-/m0/s1. The normalized spacial score (nSPS) is 23.3. The van der Waals surface area contributed by atoms with E-state index >= 15 is 0 Å². The number of nitrogens with one attached hydrogen (secondary N) is 1. The molecule has 1 aromatic carbocycles. The SMILES string of the molecule is C[C@H]1C[C@@H]1C(=O)Nc1ccccc1C(F)(F)F. The maximum absolute atomic E-state index is 12.6. The number of hydrogen-bond donors (Lipinski definition) is 1. The molecule has 2 nitrogen and oxygen atoms in total. The Morgan fingerprint density at radius 1 is 1.35 bits per heavy atom. The lowest BCUT2D eigenvalue weighted by Crippen LogP contribution is -2.18. The highest BCUT2D eigenvalue weighted by atomic mass is 19.4. The van der Waals surface area contributed by atoms with Gasteiger partial charge in [0.1, 0.15) is 0 Å². The number of benzene rings is 1. The van der Waals surface area contributed by atoms with E-state index < -0.39 is 11.7 Å². The molecule has 0 spiro atoms. The van der Waals surface area contributed by atoms with Crippen molar-refractivity contribution in [3.8, 4) is 0 Å². The minimum atomic E-state index is -4.45. The van der Waals surface area contributed by atoms with E-state index in [-0.39, 0.29) is 23.4 Å². The Hall–Kier alpha value is -1.52. The second kappa shape index (κ2) is 4.05. The summed E-state index contributed by atoms with van der Waals surface area (Å²) in [5, 5.41) is 2.35. The lowest BCUT2D eigenvalue weighted by molar-refractivity contribution is -0.137. The lowest BCUT2D eigenvalue weighted by Gasteiger charge is -2.13. The number of para-hydroxylation sites is 1. The first-order valence-electron chi connectivity index (χ1n) is 5.36. The molecule has 0 heterocycles. The van der Waals surface area contributed by atoms with Crippen molar-refractivity contribution in [2.75, 3.05) is 5.32 Å². The van der Waals surface area contributed by atoms with Crippen LogP contribution in [-0.4, -0.2) is 5.91 Å². The summed E-state index contributed by atoms with van der Waals surface area (Å²) in [6.45, 7) is 1.90. The van der Waals surface area contributed by atoms with Crippen LogP contribution in [0.5, 0.6) is 0 Å². The van der Waals surface area contributed by atoms with Gasteiger partial charge in [0.2, 0.25) is 5.91 Å². The molecule has 0 saturated heterocycles. The van der Waals surface area contributed by atoms with Gasteiger partial charge in [-0.15, -0.1) is 0 Å². The summed E-state index contributed by atoms with van der Waals surface area (Å²) in [5.74, 6) is -0.196. The van der Waals surface area contributed by atoms with E-state index in [2.05, 4.69) is 5.32 Å². The lowest BCUT2D eigenvalue weighted by atomic mass is 10.1. The van der Waals surface area contributed by atoms with Gasteiger partial charge in [-0.2, -0.15) is 13.2 Å². The number of hydrogen-bond acceptors (Lipinski definition) is 1. The second-order valence-corrected chi connectivity index (χ2v) is 4.35. The van der Waals surface area contributed by atoms with Crippen molar-refractivity contribution in [3.63, 3.8) is 0 Å². The van der Waals surface area contributed by atoms with Crippen molar-refractivity contribution in [3.05, 3.63) is 29.8 Å². The Bertz CT molecular complexity index is 442. The number of rotatable bonds is 2. The van der Waals surface area contributed by atoms with E-state index in [0.717, 1.165) is 12.5 Å². The van der Waals surface area contributed by atoms with Gasteiger partial charge < -0.3 is 5.32 Å². The molecule has 0 unspecified atom stereocenters. The quantitative estimate of drug-likeness (QED) is 0.848. The van der Waals surface area contributed by atoms with Crippen LogP contribution in [-0.2, 0) is 11.0 Å². The molecule has 1 aliphatic rings. The number of anilines is 1. The minimum absolute atomic E-state index is 0.142. The molecule has 2 rings (SSSR count). The molecular formula is C12H12F3NO. The highest BCUT2D eigenvalue weighted by molar-refractivity contribution is 5.95. The Labute approximate surface area is 96.8 Å². The van der Waals surface area contributed by atoms with E-state index in [9.17, 15) is 18.0 Å². The molecule has 0 bridgehead atoms. The average Bonchev–Trinajstić information content (AvgIpc) is 2.95. The van der Waals surface area contributed by atoms with Gasteiger partial charge in [-0.3, -0.25) is 4.79 Å². The van der Waals surface area contributed by atoms with Crippen LogP contribution in [0.3, 0.4) is 0 Å².